The van der Waals surface area contributed by atoms with Crippen LogP contribution in [0.4, 0.5) is 0 Å². The highest BCUT2D eigenvalue weighted by Crippen LogP contribution is 2.15. The summed E-state index contributed by atoms with van der Waals surface area (Å²) in [6.07, 6.45) is 4.34. The normalized spacial score (nSPS) is 10.2. The van der Waals surface area contributed by atoms with E-state index in [1.807, 2.05) is 43.3 Å². The maximum absolute atomic E-state index is 12.0. The van der Waals surface area contributed by atoms with Crippen LogP contribution in [0.1, 0.15) is 11.1 Å². The Kier molecular flexibility index (Phi) is 5.32. The molecule has 110 valence electrons. The van der Waals surface area contributed by atoms with Crippen molar-refractivity contribution >= 4 is 5.91 Å². The lowest BCUT2D eigenvalue weighted by Gasteiger charge is -2.18. The molecule has 1 aromatic heterocycles. The van der Waals surface area contributed by atoms with Crippen LogP contribution in [-0.4, -0.2) is 36.0 Å². The monoisotopic (exact) mass is 284 g/mol. The van der Waals surface area contributed by atoms with Gasteiger partial charge in [-0.2, -0.15) is 0 Å². The summed E-state index contributed by atoms with van der Waals surface area (Å²) in [5.74, 6) is 0.737. The molecule has 0 N–H and O–H groups in total. The third kappa shape index (κ3) is 4.60. The number of aryl methyl sites for hydroxylation is 1. The number of hydrogen-bond donors (Lipinski definition) is 0. The molecule has 0 unspecified atom stereocenters. The van der Waals surface area contributed by atoms with E-state index in [0.29, 0.717) is 6.54 Å². The third-order valence-corrected chi connectivity index (χ3v) is 3.36. The minimum absolute atomic E-state index is 0.0210. The molecule has 21 heavy (non-hydrogen) atoms. The van der Waals surface area contributed by atoms with Gasteiger partial charge in [-0.05, 0) is 42.7 Å². The van der Waals surface area contributed by atoms with Gasteiger partial charge in [-0.25, -0.2) is 0 Å². The minimum atomic E-state index is -0.0210. The molecule has 0 aliphatic rings. The first-order valence-corrected chi connectivity index (χ1v) is 6.98. The second-order valence-electron chi connectivity index (χ2n) is 4.97. The maximum atomic E-state index is 12.0. The minimum Gasteiger partial charge on any atom is -0.484 e. The van der Waals surface area contributed by atoms with Crippen molar-refractivity contribution in [2.75, 3.05) is 20.2 Å². The first kappa shape index (κ1) is 15.0. The van der Waals surface area contributed by atoms with Crippen molar-refractivity contribution in [2.45, 2.75) is 13.3 Å². The molecule has 0 aliphatic heterocycles. The van der Waals surface area contributed by atoms with E-state index in [1.165, 1.54) is 5.56 Å². The predicted octanol–water partition coefficient (Wildman–Crippen LogP) is 2.47. The molecule has 2 rings (SSSR count). The van der Waals surface area contributed by atoms with E-state index in [2.05, 4.69) is 4.98 Å². The van der Waals surface area contributed by atoms with E-state index in [4.69, 9.17) is 4.74 Å². The van der Waals surface area contributed by atoms with Crippen molar-refractivity contribution in [3.05, 3.63) is 59.9 Å². The van der Waals surface area contributed by atoms with Gasteiger partial charge in [0.05, 0.1) is 0 Å². The van der Waals surface area contributed by atoms with Crippen LogP contribution in [0.15, 0.2) is 48.8 Å². The number of carbonyl (C=O) groups is 1. The summed E-state index contributed by atoms with van der Waals surface area (Å²) in [4.78, 5) is 17.7. The molecule has 4 nitrogen and oxygen atoms in total. The highest BCUT2D eigenvalue weighted by atomic mass is 16.5. The summed E-state index contributed by atoms with van der Waals surface area (Å²) in [7, 11) is 1.80. The second kappa shape index (κ2) is 7.43. The van der Waals surface area contributed by atoms with E-state index in [1.54, 1.807) is 24.3 Å². The van der Waals surface area contributed by atoms with Crippen LogP contribution in [0, 0.1) is 6.92 Å². The molecule has 0 atom stereocenters. The number of rotatable bonds is 6. The number of likely N-dealkylation sites (N-methyl/N-ethyl adjacent to an activating group) is 1. The van der Waals surface area contributed by atoms with Crippen molar-refractivity contribution in [2.24, 2.45) is 0 Å². The number of hydrogen-bond acceptors (Lipinski definition) is 3. The van der Waals surface area contributed by atoms with Crippen molar-refractivity contribution in [1.82, 2.24) is 9.88 Å². The summed E-state index contributed by atoms with van der Waals surface area (Å²) < 4.78 is 5.57. The van der Waals surface area contributed by atoms with Gasteiger partial charge in [-0.15, -0.1) is 0 Å². The molecule has 2 aromatic rings. The van der Waals surface area contributed by atoms with E-state index in [-0.39, 0.29) is 12.5 Å². The lowest BCUT2D eigenvalue weighted by molar-refractivity contribution is -0.132. The zero-order valence-electron chi connectivity index (χ0n) is 12.5. The predicted molar refractivity (Wildman–Crippen MR) is 82.3 cm³/mol. The van der Waals surface area contributed by atoms with E-state index >= 15 is 0 Å². The van der Waals surface area contributed by atoms with Gasteiger partial charge in [0.25, 0.3) is 5.91 Å². The van der Waals surface area contributed by atoms with Crippen LogP contribution in [0.5, 0.6) is 5.75 Å². The Labute approximate surface area is 125 Å². The molecule has 1 amide bonds. The van der Waals surface area contributed by atoms with Gasteiger partial charge in [0.15, 0.2) is 6.61 Å². The summed E-state index contributed by atoms with van der Waals surface area (Å²) >= 11 is 0. The van der Waals surface area contributed by atoms with Crippen LogP contribution in [0.2, 0.25) is 0 Å². The fourth-order valence-corrected chi connectivity index (χ4v) is 1.94. The van der Waals surface area contributed by atoms with Crippen LogP contribution < -0.4 is 4.74 Å². The standard InChI is InChI=1S/C17H20N2O2/c1-14-5-3-4-6-16(14)21-13-17(20)19(2)12-9-15-7-10-18-11-8-15/h3-8,10-11H,9,12-13H2,1-2H3. The number of pyridine rings is 1. The molecule has 0 aliphatic carbocycles. The smallest absolute Gasteiger partial charge is 0.260 e. The molecule has 1 heterocycles. The molecular formula is C17H20N2O2. The average molecular weight is 284 g/mol. The molecule has 0 bridgehead atoms. The number of ether oxygens (including phenoxy) is 1. The number of benzene rings is 1. The number of nitrogens with zero attached hydrogens (tertiary/aromatic N) is 2. The molecule has 0 spiro atoms. The number of aromatic nitrogens is 1. The number of para-hydroxylation sites is 1. The summed E-state index contributed by atoms with van der Waals surface area (Å²) in [6.45, 7) is 2.70. The van der Waals surface area contributed by atoms with Gasteiger partial charge in [0, 0.05) is 26.0 Å². The summed E-state index contributed by atoms with van der Waals surface area (Å²) in [6, 6.07) is 11.6. The SMILES string of the molecule is Cc1ccccc1OCC(=O)N(C)CCc1ccncc1. The maximum Gasteiger partial charge on any atom is 0.260 e. The first-order valence-electron chi connectivity index (χ1n) is 6.98. The highest BCUT2D eigenvalue weighted by molar-refractivity contribution is 5.77. The van der Waals surface area contributed by atoms with Gasteiger partial charge in [0.2, 0.25) is 0 Å². The Morgan fingerprint density at radius 1 is 1.19 bits per heavy atom. The Balaban J connectivity index is 1.79. The molecule has 1 aromatic carbocycles. The topological polar surface area (TPSA) is 42.4 Å². The summed E-state index contributed by atoms with van der Waals surface area (Å²) in [5, 5.41) is 0. The zero-order valence-corrected chi connectivity index (χ0v) is 12.5. The van der Waals surface area contributed by atoms with Gasteiger partial charge in [-0.1, -0.05) is 18.2 Å². The zero-order chi connectivity index (χ0) is 15.1. The largest absolute Gasteiger partial charge is 0.484 e. The van der Waals surface area contributed by atoms with Gasteiger partial charge < -0.3 is 9.64 Å². The second-order valence-corrected chi connectivity index (χ2v) is 4.97. The van der Waals surface area contributed by atoms with Gasteiger partial charge in [0.1, 0.15) is 5.75 Å². The Morgan fingerprint density at radius 2 is 1.90 bits per heavy atom. The van der Waals surface area contributed by atoms with E-state index in [0.717, 1.165) is 17.7 Å². The first-order chi connectivity index (χ1) is 10.2. The average Bonchev–Trinajstić information content (AvgIpc) is 2.52. The fraction of sp³-hybridized carbons (Fsp3) is 0.294. The lowest BCUT2D eigenvalue weighted by atomic mass is 10.2. The molecule has 0 saturated carbocycles. The lowest BCUT2D eigenvalue weighted by Crippen LogP contribution is -2.33. The quantitative estimate of drug-likeness (QED) is 0.818. The van der Waals surface area contributed by atoms with Crippen LogP contribution >= 0.6 is 0 Å². The molecule has 0 saturated heterocycles. The molecule has 0 radical (unpaired) electrons. The highest BCUT2D eigenvalue weighted by Gasteiger charge is 2.10. The Morgan fingerprint density at radius 3 is 2.62 bits per heavy atom. The fourth-order valence-electron chi connectivity index (χ4n) is 1.94. The molecule has 0 fully saturated rings. The van der Waals surface area contributed by atoms with E-state index < -0.39 is 0 Å². The van der Waals surface area contributed by atoms with Gasteiger partial charge >= 0.3 is 0 Å². The van der Waals surface area contributed by atoms with Gasteiger partial charge in [-0.3, -0.25) is 9.78 Å². The van der Waals surface area contributed by atoms with Crippen molar-refractivity contribution in [3.63, 3.8) is 0 Å². The van der Waals surface area contributed by atoms with Crippen LogP contribution in [-0.2, 0) is 11.2 Å². The Hall–Kier alpha value is -2.36. The van der Waals surface area contributed by atoms with Crippen LogP contribution in [0.25, 0.3) is 0 Å². The molecular weight excluding hydrogens is 264 g/mol. The number of carbonyl (C=O) groups excluding carboxylic acids is 1. The van der Waals surface area contributed by atoms with Crippen molar-refractivity contribution < 1.29 is 9.53 Å². The van der Waals surface area contributed by atoms with E-state index in [9.17, 15) is 4.79 Å². The third-order valence-electron chi connectivity index (χ3n) is 3.36. The van der Waals surface area contributed by atoms with Crippen molar-refractivity contribution in [3.8, 4) is 5.75 Å². The molecule has 4 heteroatoms. The number of amides is 1. The summed E-state index contributed by atoms with van der Waals surface area (Å²) in [5.41, 5.74) is 2.20. The van der Waals surface area contributed by atoms with Crippen molar-refractivity contribution in [1.29, 1.82) is 0 Å². The van der Waals surface area contributed by atoms with Crippen LogP contribution in [0.3, 0.4) is 0 Å². The Bertz CT molecular complexity index is 584.